The smallest absolute Gasteiger partial charge is 0.224 e. The third-order valence-electron chi connectivity index (χ3n) is 3.11. The number of carbonyl (C=O) groups excluding carboxylic acids is 2. The summed E-state index contributed by atoms with van der Waals surface area (Å²) < 4.78 is 0. The molecule has 1 amide bonds. The minimum absolute atomic E-state index is 0.00447. The summed E-state index contributed by atoms with van der Waals surface area (Å²) >= 11 is 0. The molecule has 3 heteroatoms. The van der Waals surface area contributed by atoms with Gasteiger partial charge >= 0.3 is 0 Å². The van der Waals surface area contributed by atoms with Crippen molar-refractivity contribution in [1.82, 2.24) is 0 Å². The van der Waals surface area contributed by atoms with E-state index < -0.39 is 0 Å². The minimum atomic E-state index is 0.00447. The van der Waals surface area contributed by atoms with Crippen molar-refractivity contribution in [2.75, 3.05) is 5.32 Å². The Hall–Kier alpha value is -1.90. The molecule has 1 atom stereocenters. The molecule has 0 spiro atoms. The van der Waals surface area contributed by atoms with E-state index in [0.717, 1.165) is 12.8 Å². The number of carbonyl (C=O) groups is 2. The zero-order valence-corrected chi connectivity index (χ0v) is 10.5. The first-order valence-electron chi connectivity index (χ1n) is 6.22. The second-order valence-electron chi connectivity index (χ2n) is 4.65. The normalized spacial score (nSPS) is 17.7. The fraction of sp³-hybridized carbons (Fsp3) is 0.333. The van der Waals surface area contributed by atoms with Gasteiger partial charge in [0, 0.05) is 17.7 Å². The molecule has 1 aliphatic rings. The number of amides is 1. The van der Waals surface area contributed by atoms with Gasteiger partial charge in [-0.15, -0.1) is 0 Å². The van der Waals surface area contributed by atoms with Crippen LogP contribution in [0.3, 0.4) is 0 Å². The van der Waals surface area contributed by atoms with E-state index in [-0.39, 0.29) is 11.7 Å². The highest BCUT2D eigenvalue weighted by Crippen LogP contribution is 2.21. The molecule has 18 heavy (non-hydrogen) atoms. The lowest BCUT2D eigenvalue weighted by Gasteiger charge is -2.09. The maximum atomic E-state index is 11.8. The molecule has 94 valence electrons. The Labute approximate surface area is 107 Å². The highest BCUT2D eigenvalue weighted by atomic mass is 16.1. The van der Waals surface area contributed by atoms with Crippen molar-refractivity contribution < 1.29 is 9.59 Å². The van der Waals surface area contributed by atoms with Crippen LogP contribution in [0.4, 0.5) is 5.69 Å². The van der Waals surface area contributed by atoms with Crippen LogP contribution in [-0.2, 0) is 4.79 Å². The van der Waals surface area contributed by atoms with Crippen LogP contribution in [0.5, 0.6) is 0 Å². The summed E-state index contributed by atoms with van der Waals surface area (Å²) in [5.74, 6) is 0.373. The average molecular weight is 243 g/mol. The van der Waals surface area contributed by atoms with Gasteiger partial charge in [-0.05, 0) is 37.8 Å². The van der Waals surface area contributed by atoms with Crippen LogP contribution in [0.25, 0.3) is 0 Å². The van der Waals surface area contributed by atoms with Crippen LogP contribution in [-0.4, -0.2) is 11.7 Å². The molecule has 0 saturated carbocycles. The topological polar surface area (TPSA) is 46.2 Å². The molecular formula is C15H17NO2. The molecule has 1 aromatic carbocycles. The molecule has 0 unspecified atom stereocenters. The van der Waals surface area contributed by atoms with E-state index in [1.807, 2.05) is 0 Å². The molecule has 1 aliphatic carbocycles. The Morgan fingerprint density at radius 2 is 2.22 bits per heavy atom. The summed E-state index contributed by atoms with van der Waals surface area (Å²) in [5, 5.41) is 2.84. The number of anilines is 1. The van der Waals surface area contributed by atoms with Crippen molar-refractivity contribution in [2.45, 2.75) is 26.2 Å². The number of allylic oxidation sites excluding steroid dienone is 2. The fourth-order valence-corrected chi connectivity index (χ4v) is 2.13. The van der Waals surface area contributed by atoms with Crippen LogP contribution in [0.2, 0.25) is 0 Å². The fourth-order valence-electron chi connectivity index (χ4n) is 2.13. The molecule has 0 aromatic heterocycles. The zero-order valence-electron chi connectivity index (χ0n) is 10.5. The van der Waals surface area contributed by atoms with Crippen molar-refractivity contribution in [2.24, 2.45) is 5.92 Å². The van der Waals surface area contributed by atoms with Crippen LogP contribution >= 0.6 is 0 Å². The lowest BCUT2D eigenvalue weighted by Crippen LogP contribution is -2.15. The third kappa shape index (κ3) is 3.29. The van der Waals surface area contributed by atoms with Crippen LogP contribution in [0, 0.1) is 5.92 Å². The second-order valence-corrected chi connectivity index (χ2v) is 4.65. The van der Waals surface area contributed by atoms with E-state index >= 15 is 0 Å². The van der Waals surface area contributed by atoms with E-state index in [1.165, 1.54) is 6.92 Å². The monoisotopic (exact) mass is 243 g/mol. The number of ketones is 1. The molecule has 1 aromatic rings. The summed E-state index contributed by atoms with van der Waals surface area (Å²) in [5.41, 5.74) is 1.31. The van der Waals surface area contributed by atoms with Crippen molar-refractivity contribution in [3.63, 3.8) is 0 Å². The molecule has 0 fully saturated rings. The standard InChI is InChI=1S/C15H17NO2/c1-11(17)13-7-4-8-14(10-13)16-15(18)9-12-5-2-3-6-12/h2,4-5,7-8,10,12H,3,6,9H2,1H3,(H,16,18)/t12-/m1/s1. The van der Waals surface area contributed by atoms with Crippen LogP contribution in [0.1, 0.15) is 36.5 Å². The van der Waals surface area contributed by atoms with Crippen molar-refractivity contribution in [3.8, 4) is 0 Å². The molecule has 0 heterocycles. The summed E-state index contributed by atoms with van der Waals surface area (Å²) in [6.07, 6.45) is 6.86. The Morgan fingerprint density at radius 3 is 2.89 bits per heavy atom. The van der Waals surface area contributed by atoms with Crippen molar-refractivity contribution in [1.29, 1.82) is 0 Å². The van der Waals surface area contributed by atoms with Crippen molar-refractivity contribution >= 4 is 17.4 Å². The summed E-state index contributed by atoms with van der Waals surface area (Å²) in [6, 6.07) is 7.04. The lowest BCUT2D eigenvalue weighted by atomic mass is 10.0. The van der Waals surface area contributed by atoms with Gasteiger partial charge in [-0.3, -0.25) is 9.59 Å². The number of nitrogens with one attached hydrogen (secondary N) is 1. The van der Waals surface area contributed by atoms with Crippen LogP contribution < -0.4 is 5.32 Å². The van der Waals surface area contributed by atoms with E-state index in [9.17, 15) is 9.59 Å². The van der Waals surface area contributed by atoms with Gasteiger partial charge in [-0.25, -0.2) is 0 Å². The minimum Gasteiger partial charge on any atom is -0.326 e. The van der Waals surface area contributed by atoms with Crippen LogP contribution in [0.15, 0.2) is 36.4 Å². The summed E-state index contributed by atoms with van der Waals surface area (Å²) in [7, 11) is 0. The summed E-state index contributed by atoms with van der Waals surface area (Å²) in [6.45, 7) is 1.52. The third-order valence-corrected chi connectivity index (χ3v) is 3.11. The lowest BCUT2D eigenvalue weighted by molar-refractivity contribution is -0.116. The van der Waals surface area contributed by atoms with E-state index in [2.05, 4.69) is 17.5 Å². The predicted octanol–water partition coefficient (Wildman–Crippen LogP) is 3.18. The van der Waals surface area contributed by atoms with E-state index in [4.69, 9.17) is 0 Å². The summed E-state index contributed by atoms with van der Waals surface area (Å²) in [4.78, 5) is 23.1. The van der Waals surface area contributed by atoms with Gasteiger partial charge in [0.25, 0.3) is 0 Å². The molecule has 0 radical (unpaired) electrons. The highest BCUT2D eigenvalue weighted by molar-refractivity contribution is 5.97. The van der Waals surface area contributed by atoms with Gasteiger partial charge in [0.15, 0.2) is 5.78 Å². The number of rotatable bonds is 4. The van der Waals surface area contributed by atoms with E-state index in [1.54, 1.807) is 24.3 Å². The number of hydrogen-bond acceptors (Lipinski definition) is 2. The first kappa shape index (κ1) is 12.6. The van der Waals surface area contributed by atoms with Gasteiger partial charge < -0.3 is 5.32 Å². The molecular weight excluding hydrogens is 226 g/mol. The Kier molecular flexibility index (Phi) is 3.92. The Morgan fingerprint density at radius 1 is 1.39 bits per heavy atom. The molecule has 0 saturated heterocycles. The second kappa shape index (κ2) is 5.63. The highest BCUT2D eigenvalue weighted by Gasteiger charge is 2.14. The molecule has 0 bridgehead atoms. The average Bonchev–Trinajstić information content (AvgIpc) is 2.82. The predicted molar refractivity (Wildman–Crippen MR) is 71.6 cm³/mol. The number of hydrogen-bond donors (Lipinski definition) is 1. The first-order valence-corrected chi connectivity index (χ1v) is 6.22. The number of Topliss-reactive ketones (excluding diaryl/α,β-unsaturated/α-hetero) is 1. The Bertz CT molecular complexity index is 491. The SMILES string of the molecule is CC(=O)c1cccc(NC(=O)C[C@@H]2C=CCC2)c1. The first-order chi connectivity index (χ1) is 8.65. The maximum Gasteiger partial charge on any atom is 0.224 e. The van der Waals surface area contributed by atoms with Gasteiger partial charge in [0.2, 0.25) is 5.91 Å². The Balaban J connectivity index is 1.95. The van der Waals surface area contributed by atoms with Gasteiger partial charge in [-0.2, -0.15) is 0 Å². The van der Waals surface area contributed by atoms with E-state index in [0.29, 0.717) is 23.6 Å². The van der Waals surface area contributed by atoms with Gasteiger partial charge in [-0.1, -0.05) is 24.3 Å². The largest absolute Gasteiger partial charge is 0.326 e. The molecule has 3 nitrogen and oxygen atoms in total. The van der Waals surface area contributed by atoms with Gasteiger partial charge in [0.1, 0.15) is 0 Å². The molecule has 2 rings (SSSR count). The molecule has 1 N–H and O–H groups in total. The zero-order chi connectivity index (χ0) is 13.0. The van der Waals surface area contributed by atoms with Crippen molar-refractivity contribution in [3.05, 3.63) is 42.0 Å². The molecule has 0 aliphatic heterocycles. The number of benzene rings is 1. The van der Waals surface area contributed by atoms with Gasteiger partial charge in [0.05, 0.1) is 0 Å². The maximum absolute atomic E-state index is 11.8. The quantitative estimate of drug-likeness (QED) is 0.652.